The van der Waals surface area contributed by atoms with Gasteiger partial charge in [0, 0.05) is 6.42 Å². The largest absolute Gasteiger partial charge is 0.459 e. The van der Waals surface area contributed by atoms with E-state index in [4.69, 9.17) is 14.2 Å². The lowest BCUT2D eigenvalue weighted by Crippen LogP contribution is -2.30. The molecule has 0 amide bonds. The fraction of sp³-hybridized carbons (Fsp3) is 0.316. The zero-order valence-corrected chi connectivity index (χ0v) is 13.2. The van der Waals surface area contributed by atoms with Gasteiger partial charge in [-0.1, -0.05) is 48.5 Å². The van der Waals surface area contributed by atoms with Crippen LogP contribution in [0.15, 0.2) is 60.7 Å². The Kier molecular flexibility index (Phi) is 5.59. The summed E-state index contributed by atoms with van der Waals surface area (Å²) in [6.07, 6.45) is -1.33. The maximum atomic E-state index is 12.0. The average molecular weight is 328 g/mol. The Morgan fingerprint density at radius 1 is 1.08 bits per heavy atom. The van der Waals surface area contributed by atoms with Crippen LogP contribution in [0.2, 0.25) is 0 Å². The number of hydrogen-bond donors (Lipinski definition) is 1. The highest BCUT2D eigenvalue weighted by molar-refractivity contribution is 5.89. The number of hydrogen-bond acceptors (Lipinski definition) is 5. The van der Waals surface area contributed by atoms with Crippen molar-refractivity contribution in [3.8, 4) is 0 Å². The van der Waals surface area contributed by atoms with Crippen LogP contribution in [0.5, 0.6) is 0 Å². The molecule has 5 heteroatoms. The molecular weight excluding hydrogens is 308 g/mol. The number of benzene rings is 2. The van der Waals surface area contributed by atoms with Gasteiger partial charge in [-0.15, -0.1) is 0 Å². The highest BCUT2D eigenvalue weighted by Gasteiger charge is 2.36. The molecule has 1 saturated heterocycles. The molecule has 0 aromatic heterocycles. The minimum Gasteiger partial charge on any atom is -0.459 e. The number of carbonyl (C=O) groups is 1. The quantitative estimate of drug-likeness (QED) is 0.826. The number of aliphatic hydroxyl groups excluding tert-OH is 1. The van der Waals surface area contributed by atoms with E-state index in [9.17, 15) is 9.90 Å². The number of rotatable bonds is 6. The molecule has 1 fully saturated rings. The molecule has 1 heterocycles. The summed E-state index contributed by atoms with van der Waals surface area (Å²) in [5.41, 5.74) is 1.52. The topological polar surface area (TPSA) is 65.0 Å². The van der Waals surface area contributed by atoms with Crippen LogP contribution in [0.25, 0.3) is 0 Å². The zero-order valence-electron chi connectivity index (χ0n) is 13.2. The number of carbonyl (C=O) groups excluding carboxylic acids is 1. The lowest BCUT2D eigenvalue weighted by atomic mass is 10.2. The number of esters is 1. The Labute approximate surface area is 140 Å². The van der Waals surface area contributed by atoms with Crippen LogP contribution in [0.4, 0.5) is 0 Å². The molecule has 2 aromatic carbocycles. The summed E-state index contributed by atoms with van der Waals surface area (Å²) in [7, 11) is 0. The maximum Gasteiger partial charge on any atom is 0.338 e. The zero-order chi connectivity index (χ0) is 16.8. The molecule has 0 bridgehead atoms. The van der Waals surface area contributed by atoms with Crippen molar-refractivity contribution in [2.24, 2.45) is 0 Å². The number of aliphatic hydroxyl groups is 1. The third kappa shape index (κ3) is 4.41. The van der Waals surface area contributed by atoms with Gasteiger partial charge in [-0.2, -0.15) is 0 Å². The van der Waals surface area contributed by atoms with E-state index in [1.165, 1.54) is 0 Å². The molecule has 0 saturated carbocycles. The van der Waals surface area contributed by atoms with Crippen molar-refractivity contribution in [1.29, 1.82) is 0 Å². The Bertz CT molecular complexity index is 643. The lowest BCUT2D eigenvalue weighted by molar-refractivity contribution is -0.114. The van der Waals surface area contributed by atoms with Gasteiger partial charge in [0.05, 0.1) is 18.3 Å². The third-order valence-electron chi connectivity index (χ3n) is 3.88. The highest BCUT2D eigenvalue weighted by atomic mass is 16.7. The Morgan fingerprint density at radius 3 is 2.46 bits per heavy atom. The van der Waals surface area contributed by atoms with Crippen molar-refractivity contribution in [3.05, 3.63) is 71.8 Å². The average Bonchev–Trinajstić information content (AvgIpc) is 2.99. The Balaban J connectivity index is 1.52. The molecule has 3 atom stereocenters. The predicted octanol–water partition coefficient (Wildman–Crippen LogP) is 2.54. The first-order valence-electron chi connectivity index (χ1n) is 7.93. The monoisotopic (exact) mass is 328 g/mol. The van der Waals surface area contributed by atoms with Crippen LogP contribution in [0.1, 0.15) is 22.3 Å². The molecule has 126 valence electrons. The molecule has 0 spiro atoms. The first kappa shape index (κ1) is 16.6. The molecule has 24 heavy (non-hydrogen) atoms. The Hall–Kier alpha value is -2.21. The molecule has 5 nitrogen and oxygen atoms in total. The summed E-state index contributed by atoms with van der Waals surface area (Å²) in [4.78, 5) is 12.0. The smallest absolute Gasteiger partial charge is 0.338 e. The fourth-order valence-corrected chi connectivity index (χ4v) is 2.61. The Morgan fingerprint density at radius 2 is 1.75 bits per heavy atom. The van der Waals surface area contributed by atoms with Crippen LogP contribution in [-0.2, 0) is 20.8 Å². The minimum atomic E-state index is -0.897. The standard InChI is InChI=1S/C19H20O5/c20-18-11-16(22-12-14-7-3-1-4-8-14)17(24-18)13-23-19(21)15-9-5-2-6-10-15/h1-10,16-18,20H,11-13H2/t16-,17+,18+/m1/s1. The molecule has 1 aliphatic heterocycles. The van der Waals surface area contributed by atoms with Crippen molar-refractivity contribution in [2.45, 2.75) is 31.5 Å². The van der Waals surface area contributed by atoms with E-state index >= 15 is 0 Å². The van der Waals surface area contributed by atoms with E-state index in [1.54, 1.807) is 24.3 Å². The molecule has 0 radical (unpaired) electrons. The van der Waals surface area contributed by atoms with E-state index in [2.05, 4.69) is 0 Å². The van der Waals surface area contributed by atoms with Gasteiger partial charge in [-0.25, -0.2) is 4.79 Å². The van der Waals surface area contributed by atoms with E-state index in [0.717, 1.165) is 5.56 Å². The van der Waals surface area contributed by atoms with Gasteiger partial charge < -0.3 is 19.3 Å². The second-order valence-corrected chi connectivity index (χ2v) is 5.66. The van der Waals surface area contributed by atoms with Gasteiger partial charge in [-0.05, 0) is 17.7 Å². The summed E-state index contributed by atoms with van der Waals surface area (Å²) in [5.74, 6) is -0.414. The molecular formula is C19H20O5. The summed E-state index contributed by atoms with van der Waals surface area (Å²) in [5, 5.41) is 9.71. The van der Waals surface area contributed by atoms with Gasteiger partial charge >= 0.3 is 5.97 Å². The van der Waals surface area contributed by atoms with E-state index < -0.39 is 18.4 Å². The van der Waals surface area contributed by atoms with E-state index in [0.29, 0.717) is 18.6 Å². The summed E-state index contributed by atoms with van der Waals surface area (Å²) < 4.78 is 16.5. The SMILES string of the molecule is O=C(OC[C@@H]1O[C@H](O)C[C@H]1OCc1ccccc1)c1ccccc1. The van der Waals surface area contributed by atoms with Crippen LogP contribution in [0.3, 0.4) is 0 Å². The van der Waals surface area contributed by atoms with Crippen molar-refractivity contribution >= 4 is 5.97 Å². The normalized spacial score (nSPS) is 23.1. The molecule has 2 aromatic rings. The molecule has 1 aliphatic rings. The highest BCUT2D eigenvalue weighted by Crippen LogP contribution is 2.23. The maximum absolute atomic E-state index is 12.0. The minimum absolute atomic E-state index is 0.0459. The van der Waals surface area contributed by atoms with Crippen molar-refractivity contribution in [2.75, 3.05) is 6.61 Å². The van der Waals surface area contributed by atoms with Crippen molar-refractivity contribution in [3.63, 3.8) is 0 Å². The summed E-state index contributed by atoms with van der Waals surface area (Å²) >= 11 is 0. The van der Waals surface area contributed by atoms with E-state index in [-0.39, 0.29) is 12.7 Å². The third-order valence-corrected chi connectivity index (χ3v) is 3.88. The summed E-state index contributed by atoms with van der Waals surface area (Å²) in [6, 6.07) is 18.5. The van der Waals surface area contributed by atoms with Gasteiger partial charge in [0.2, 0.25) is 0 Å². The van der Waals surface area contributed by atoms with Gasteiger partial charge in [0.15, 0.2) is 6.29 Å². The van der Waals surface area contributed by atoms with Crippen LogP contribution in [0, 0.1) is 0 Å². The first-order chi connectivity index (χ1) is 11.7. The molecule has 3 rings (SSSR count). The molecule has 0 aliphatic carbocycles. The number of ether oxygens (including phenoxy) is 3. The first-order valence-corrected chi connectivity index (χ1v) is 7.93. The second-order valence-electron chi connectivity index (χ2n) is 5.66. The summed E-state index contributed by atoms with van der Waals surface area (Å²) in [6.45, 7) is 0.467. The molecule has 0 unspecified atom stereocenters. The lowest BCUT2D eigenvalue weighted by Gasteiger charge is -2.18. The fourth-order valence-electron chi connectivity index (χ4n) is 2.61. The van der Waals surface area contributed by atoms with Crippen molar-refractivity contribution in [1.82, 2.24) is 0 Å². The second kappa shape index (κ2) is 8.06. The van der Waals surface area contributed by atoms with Crippen LogP contribution >= 0.6 is 0 Å². The van der Waals surface area contributed by atoms with Crippen LogP contribution in [-0.4, -0.2) is 36.2 Å². The van der Waals surface area contributed by atoms with Crippen LogP contribution < -0.4 is 0 Å². The molecule has 1 N–H and O–H groups in total. The van der Waals surface area contributed by atoms with Gasteiger partial charge in [0.25, 0.3) is 0 Å². The van der Waals surface area contributed by atoms with Gasteiger partial charge in [-0.3, -0.25) is 0 Å². The van der Waals surface area contributed by atoms with Gasteiger partial charge in [0.1, 0.15) is 12.7 Å². The van der Waals surface area contributed by atoms with E-state index in [1.807, 2.05) is 36.4 Å². The predicted molar refractivity (Wildman–Crippen MR) is 87.2 cm³/mol. The van der Waals surface area contributed by atoms with Crippen molar-refractivity contribution < 1.29 is 24.1 Å².